The fourth-order valence-electron chi connectivity index (χ4n) is 0.512. The molecule has 0 heterocycles. The molecule has 0 saturated carbocycles. The Kier molecular flexibility index (Phi) is 3.97. The molecule has 0 bridgehead atoms. The van der Waals surface area contributed by atoms with Crippen LogP contribution < -0.4 is 0 Å². The van der Waals surface area contributed by atoms with Gasteiger partial charge in [0, 0.05) is 5.92 Å². The summed E-state index contributed by atoms with van der Waals surface area (Å²) in [6.07, 6.45) is 3.55. The highest BCUT2D eigenvalue weighted by Crippen LogP contribution is 2.05. The van der Waals surface area contributed by atoms with Gasteiger partial charge in [-0.3, -0.25) is 0 Å². The lowest BCUT2D eigenvalue weighted by atomic mass is 10.1. The molecule has 0 aliphatic heterocycles. The van der Waals surface area contributed by atoms with Crippen molar-refractivity contribution in [2.75, 3.05) is 0 Å². The molecule has 0 aromatic heterocycles. The van der Waals surface area contributed by atoms with Crippen molar-refractivity contribution in [1.82, 2.24) is 0 Å². The molecule has 0 radical (unpaired) electrons. The fraction of sp³-hybridized carbons (Fsp3) is 0.571. The third kappa shape index (κ3) is 2.41. The summed E-state index contributed by atoms with van der Waals surface area (Å²) in [5.74, 6) is 0.187. The number of hydrogen-bond acceptors (Lipinski definition) is 1. The van der Waals surface area contributed by atoms with Gasteiger partial charge in [-0.15, -0.1) is 6.58 Å². The van der Waals surface area contributed by atoms with Crippen molar-refractivity contribution in [1.29, 1.82) is 5.26 Å². The van der Waals surface area contributed by atoms with Crippen LogP contribution in [0.1, 0.15) is 19.8 Å². The van der Waals surface area contributed by atoms with E-state index in [1.54, 1.807) is 6.08 Å². The van der Waals surface area contributed by atoms with Crippen LogP contribution in [0.25, 0.3) is 0 Å². The van der Waals surface area contributed by atoms with Gasteiger partial charge in [0.25, 0.3) is 0 Å². The quantitative estimate of drug-likeness (QED) is 0.509. The van der Waals surface area contributed by atoms with Crippen LogP contribution in [0, 0.1) is 17.2 Å². The summed E-state index contributed by atoms with van der Waals surface area (Å²) >= 11 is 0. The summed E-state index contributed by atoms with van der Waals surface area (Å²) in [6, 6.07) is 2.18. The Morgan fingerprint density at radius 1 is 1.88 bits per heavy atom. The van der Waals surface area contributed by atoms with Crippen molar-refractivity contribution >= 4 is 0 Å². The zero-order valence-corrected chi connectivity index (χ0v) is 5.22. The van der Waals surface area contributed by atoms with Crippen LogP contribution in [-0.4, -0.2) is 0 Å². The van der Waals surface area contributed by atoms with Crippen LogP contribution in [0.3, 0.4) is 0 Å². The van der Waals surface area contributed by atoms with Gasteiger partial charge < -0.3 is 0 Å². The minimum absolute atomic E-state index is 0.187. The van der Waals surface area contributed by atoms with E-state index < -0.39 is 0 Å². The van der Waals surface area contributed by atoms with Gasteiger partial charge in [0.05, 0.1) is 6.07 Å². The molecule has 1 unspecified atom stereocenters. The molecule has 1 atom stereocenters. The predicted octanol–water partition coefficient (Wildman–Crippen LogP) is 2.11. The second-order valence-corrected chi connectivity index (χ2v) is 1.76. The lowest BCUT2D eigenvalue weighted by Crippen LogP contribution is -1.90. The first-order valence-electron chi connectivity index (χ1n) is 2.85. The first-order chi connectivity index (χ1) is 3.85. The third-order valence-electron chi connectivity index (χ3n) is 1.13. The first kappa shape index (κ1) is 7.23. The highest BCUT2D eigenvalue weighted by molar-refractivity contribution is 4.86. The zero-order valence-electron chi connectivity index (χ0n) is 5.22. The van der Waals surface area contributed by atoms with Crippen LogP contribution in [0.15, 0.2) is 12.7 Å². The SMILES string of the molecule is C=CCC(C#N)CC. The van der Waals surface area contributed by atoms with E-state index in [4.69, 9.17) is 5.26 Å². The van der Waals surface area contributed by atoms with E-state index in [0.717, 1.165) is 12.8 Å². The van der Waals surface area contributed by atoms with E-state index in [0.29, 0.717) is 0 Å². The van der Waals surface area contributed by atoms with Crippen molar-refractivity contribution < 1.29 is 0 Å². The van der Waals surface area contributed by atoms with Crippen molar-refractivity contribution in [3.05, 3.63) is 12.7 Å². The van der Waals surface area contributed by atoms with Gasteiger partial charge in [-0.05, 0) is 12.8 Å². The maximum atomic E-state index is 8.36. The summed E-state index contributed by atoms with van der Waals surface area (Å²) in [7, 11) is 0. The maximum Gasteiger partial charge on any atom is 0.0658 e. The molecule has 0 saturated heterocycles. The van der Waals surface area contributed by atoms with Crippen molar-refractivity contribution in [3.63, 3.8) is 0 Å². The molecule has 44 valence electrons. The molecule has 0 N–H and O–H groups in total. The molecule has 0 fully saturated rings. The second kappa shape index (κ2) is 4.39. The Morgan fingerprint density at radius 2 is 2.50 bits per heavy atom. The minimum atomic E-state index is 0.187. The molecule has 0 aliphatic carbocycles. The van der Waals surface area contributed by atoms with Crippen LogP contribution in [-0.2, 0) is 0 Å². The maximum absolute atomic E-state index is 8.36. The van der Waals surface area contributed by atoms with Crippen LogP contribution in [0.2, 0.25) is 0 Å². The average Bonchev–Trinajstić information content (AvgIpc) is 1.83. The number of hydrogen-bond donors (Lipinski definition) is 0. The number of nitrogens with zero attached hydrogens (tertiary/aromatic N) is 1. The van der Waals surface area contributed by atoms with E-state index >= 15 is 0 Å². The van der Waals surface area contributed by atoms with E-state index in [1.165, 1.54) is 0 Å². The van der Waals surface area contributed by atoms with E-state index in [9.17, 15) is 0 Å². The summed E-state index contributed by atoms with van der Waals surface area (Å²) in [6.45, 7) is 5.56. The number of nitriles is 1. The van der Waals surface area contributed by atoms with Gasteiger partial charge in [-0.1, -0.05) is 13.0 Å². The molecule has 8 heavy (non-hydrogen) atoms. The number of allylic oxidation sites excluding steroid dienone is 1. The summed E-state index contributed by atoms with van der Waals surface area (Å²) < 4.78 is 0. The second-order valence-electron chi connectivity index (χ2n) is 1.76. The smallest absolute Gasteiger partial charge is 0.0658 e. The van der Waals surface area contributed by atoms with Crippen LogP contribution in [0.5, 0.6) is 0 Å². The molecule has 0 rings (SSSR count). The van der Waals surface area contributed by atoms with Crippen molar-refractivity contribution in [2.24, 2.45) is 5.92 Å². The Balaban J connectivity index is 3.40. The molecule has 0 aromatic rings. The van der Waals surface area contributed by atoms with Crippen LogP contribution in [0.4, 0.5) is 0 Å². The molecule has 0 spiro atoms. The van der Waals surface area contributed by atoms with Crippen molar-refractivity contribution in [3.8, 4) is 6.07 Å². The number of rotatable bonds is 3. The topological polar surface area (TPSA) is 23.8 Å². The molecule has 0 aliphatic rings. The molecule has 0 aromatic carbocycles. The monoisotopic (exact) mass is 109 g/mol. The van der Waals surface area contributed by atoms with Gasteiger partial charge in [0.2, 0.25) is 0 Å². The Hall–Kier alpha value is -0.770. The van der Waals surface area contributed by atoms with E-state index in [1.807, 2.05) is 6.92 Å². The first-order valence-corrected chi connectivity index (χ1v) is 2.85. The van der Waals surface area contributed by atoms with Gasteiger partial charge in [-0.2, -0.15) is 5.26 Å². The standard InChI is InChI=1S/C7H11N/c1-3-5-7(4-2)6-8/h3,7H,1,4-5H2,2H3. The lowest BCUT2D eigenvalue weighted by molar-refractivity contribution is 0.653. The zero-order chi connectivity index (χ0) is 6.41. The normalized spacial score (nSPS) is 12.0. The Bertz CT molecular complexity index is 99.4. The molecule has 0 amide bonds. The molecular weight excluding hydrogens is 98.1 g/mol. The Labute approximate surface area is 50.6 Å². The summed E-state index contributed by atoms with van der Waals surface area (Å²) in [5.41, 5.74) is 0. The largest absolute Gasteiger partial charge is 0.198 e. The minimum Gasteiger partial charge on any atom is -0.198 e. The van der Waals surface area contributed by atoms with Gasteiger partial charge >= 0.3 is 0 Å². The molecule has 1 nitrogen and oxygen atoms in total. The van der Waals surface area contributed by atoms with Crippen molar-refractivity contribution in [2.45, 2.75) is 19.8 Å². The highest BCUT2D eigenvalue weighted by atomic mass is 14.3. The van der Waals surface area contributed by atoms with E-state index in [2.05, 4.69) is 12.6 Å². The van der Waals surface area contributed by atoms with Crippen LogP contribution >= 0.6 is 0 Å². The third-order valence-corrected chi connectivity index (χ3v) is 1.13. The molecular formula is C7H11N. The lowest BCUT2D eigenvalue weighted by Gasteiger charge is -1.96. The average molecular weight is 109 g/mol. The fourth-order valence-corrected chi connectivity index (χ4v) is 0.512. The Morgan fingerprint density at radius 3 is 2.62 bits per heavy atom. The van der Waals surface area contributed by atoms with E-state index in [-0.39, 0.29) is 5.92 Å². The molecule has 1 heteroatoms. The van der Waals surface area contributed by atoms with Gasteiger partial charge in [-0.25, -0.2) is 0 Å². The summed E-state index contributed by atoms with van der Waals surface area (Å²) in [5, 5.41) is 8.36. The van der Waals surface area contributed by atoms with Gasteiger partial charge in [0.15, 0.2) is 0 Å². The highest BCUT2D eigenvalue weighted by Gasteiger charge is 1.97. The summed E-state index contributed by atoms with van der Waals surface area (Å²) in [4.78, 5) is 0. The van der Waals surface area contributed by atoms with Gasteiger partial charge in [0.1, 0.15) is 0 Å². The predicted molar refractivity (Wildman–Crippen MR) is 34.2 cm³/mol.